The van der Waals surface area contributed by atoms with Gasteiger partial charge in [-0.05, 0) is 31.4 Å². The first kappa shape index (κ1) is 12.1. The molecule has 0 aliphatic heterocycles. The Bertz CT molecular complexity index is 136. The molecule has 72 valence electrons. The minimum atomic E-state index is 0.809. The topological polar surface area (TPSA) is 0 Å². The summed E-state index contributed by atoms with van der Waals surface area (Å²) in [6.45, 7) is 9.14. The second kappa shape index (κ2) is 6.59. The molecule has 1 heteroatoms. The molecule has 0 nitrogen and oxygen atoms in total. The summed E-state index contributed by atoms with van der Waals surface area (Å²) >= 11 is 1.90. The second-order valence-electron chi connectivity index (χ2n) is 3.94. The molecule has 0 aromatic rings. The Kier molecular flexibility index (Phi) is 6.64. The molecular weight excluding hydrogens is 164 g/mol. The maximum absolute atomic E-state index is 2.39. The molecule has 0 heterocycles. The molecule has 0 amide bonds. The zero-order chi connectivity index (χ0) is 9.56. The van der Waals surface area contributed by atoms with E-state index in [-0.39, 0.29) is 0 Å². The van der Waals surface area contributed by atoms with E-state index in [1.807, 2.05) is 11.8 Å². The maximum Gasteiger partial charge on any atom is 0.0137 e. The molecule has 0 saturated heterocycles. The highest BCUT2D eigenvalue weighted by atomic mass is 32.2. The average molecular weight is 186 g/mol. The van der Waals surface area contributed by atoms with Crippen LogP contribution in [0.1, 0.15) is 34.1 Å². The number of allylic oxidation sites excluding steroid dienone is 1. The first-order valence-corrected chi connectivity index (χ1v) is 6.11. The molecule has 0 fully saturated rings. The third-order valence-corrected chi connectivity index (χ3v) is 3.09. The summed E-state index contributed by atoms with van der Waals surface area (Å²) in [5.41, 5.74) is 1.52. The van der Waals surface area contributed by atoms with E-state index < -0.39 is 0 Å². The second-order valence-corrected chi connectivity index (χ2v) is 4.81. The minimum absolute atomic E-state index is 0.809. The van der Waals surface area contributed by atoms with Crippen molar-refractivity contribution in [3.63, 3.8) is 0 Å². The van der Waals surface area contributed by atoms with Crippen molar-refractivity contribution in [2.75, 3.05) is 12.0 Å². The lowest BCUT2D eigenvalue weighted by molar-refractivity contribution is 0.423. The van der Waals surface area contributed by atoms with Crippen LogP contribution in [0.3, 0.4) is 0 Å². The largest absolute Gasteiger partial charge is 0.161 e. The van der Waals surface area contributed by atoms with Gasteiger partial charge in [0, 0.05) is 5.75 Å². The zero-order valence-electron chi connectivity index (χ0n) is 9.05. The van der Waals surface area contributed by atoms with E-state index in [9.17, 15) is 0 Å². The molecule has 0 aliphatic rings. The average Bonchev–Trinajstić information content (AvgIpc) is 2.00. The van der Waals surface area contributed by atoms with Crippen LogP contribution in [0, 0.1) is 11.8 Å². The van der Waals surface area contributed by atoms with Gasteiger partial charge in [-0.2, -0.15) is 11.8 Å². The molecule has 0 bridgehead atoms. The van der Waals surface area contributed by atoms with Crippen molar-refractivity contribution in [2.24, 2.45) is 11.8 Å². The number of rotatable bonds is 5. The maximum atomic E-state index is 2.39. The van der Waals surface area contributed by atoms with Crippen molar-refractivity contribution >= 4 is 11.8 Å². The summed E-state index contributed by atoms with van der Waals surface area (Å²) in [6, 6.07) is 0. The Morgan fingerprint density at radius 3 is 2.33 bits per heavy atom. The zero-order valence-corrected chi connectivity index (χ0v) is 9.87. The quantitative estimate of drug-likeness (QED) is 0.585. The first-order chi connectivity index (χ1) is 5.57. The molecular formula is C11H22S. The molecule has 0 aromatic carbocycles. The highest BCUT2D eigenvalue weighted by Gasteiger charge is 2.04. The van der Waals surface area contributed by atoms with Gasteiger partial charge < -0.3 is 0 Å². The summed E-state index contributed by atoms with van der Waals surface area (Å²) < 4.78 is 0. The molecule has 0 radical (unpaired) electrons. The lowest BCUT2D eigenvalue weighted by Crippen LogP contribution is -2.02. The van der Waals surface area contributed by atoms with Crippen LogP contribution in [0.5, 0.6) is 0 Å². The number of hydrogen-bond acceptors (Lipinski definition) is 1. The summed E-state index contributed by atoms with van der Waals surface area (Å²) in [5.74, 6) is 2.82. The van der Waals surface area contributed by atoms with Crippen molar-refractivity contribution in [2.45, 2.75) is 34.1 Å². The van der Waals surface area contributed by atoms with Crippen molar-refractivity contribution in [1.82, 2.24) is 0 Å². The Labute approximate surface area is 81.8 Å². The molecule has 0 rings (SSSR count). The Balaban J connectivity index is 3.71. The van der Waals surface area contributed by atoms with Crippen LogP contribution in [0.4, 0.5) is 0 Å². The smallest absolute Gasteiger partial charge is 0.0137 e. The SMILES string of the molecule is CSC/C(C)=C/CC(C)C(C)C. The van der Waals surface area contributed by atoms with Gasteiger partial charge in [-0.1, -0.05) is 32.4 Å². The molecule has 0 N–H and O–H groups in total. The van der Waals surface area contributed by atoms with Gasteiger partial charge in [0.2, 0.25) is 0 Å². The van der Waals surface area contributed by atoms with E-state index in [1.54, 1.807) is 0 Å². The van der Waals surface area contributed by atoms with E-state index in [0.717, 1.165) is 11.8 Å². The third kappa shape index (κ3) is 5.70. The molecule has 1 atom stereocenters. The van der Waals surface area contributed by atoms with Gasteiger partial charge in [0.25, 0.3) is 0 Å². The van der Waals surface area contributed by atoms with Crippen molar-refractivity contribution in [3.8, 4) is 0 Å². The van der Waals surface area contributed by atoms with E-state index in [0.29, 0.717) is 0 Å². The van der Waals surface area contributed by atoms with E-state index in [4.69, 9.17) is 0 Å². The fourth-order valence-corrected chi connectivity index (χ4v) is 1.52. The monoisotopic (exact) mass is 186 g/mol. The minimum Gasteiger partial charge on any atom is -0.161 e. The normalized spacial score (nSPS) is 15.3. The highest BCUT2D eigenvalue weighted by Crippen LogP contribution is 2.16. The predicted octanol–water partition coefficient (Wildman–Crippen LogP) is 3.98. The fourth-order valence-electron chi connectivity index (χ4n) is 0.946. The summed E-state index contributed by atoms with van der Waals surface area (Å²) in [4.78, 5) is 0. The van der Waals surface area contributed by atoms with Gasteiger partial charge >= 0.3 is 0 Å². The molecule has 0 saturated carbocycles. The van der Waals surface area contributed by atoms with Crippen LogP contribution in [0.15, 0.2) is 11.6 Å². The Morgan fingerprint density at radius 2 is 1.92 bits per heavy atom. The summed E-state index contributed by atoms with van der Waals surface area (Å²) in [7, 11) is 0. The van der Waals surface area contributed by atoms with Crippen molar-refractivity contribution in [3.05, 3.63) is 11.6 Å². The molecule has 1 unspecified atom stereocenters. The Hall–Kier alpha value is 0.0900. The van der Waals surface area contributed by atoms with Gasteiger partial charge in [-0.15, -0.1) is 0 Å². The summed E-state index contributed by atoms with van der Waals surface area (Å²) in [5, 5.41) is 0. The molecule has 0 aliphatic carbocycles. The summed E-state index contributed by atoms with van der Waals surface area (Å²) in [6.07, 6.45) is 5.79. The van der Waals surface area contributed by atoms with Crippen LogP contribution < -0.4 is 0 Å². The highest BCUT2D eigenvalue weighted by molar-refractivity contribution is 7.98. The number of hydrogen-bond donors (Lipinski definition) is 0. The fraction of sp³-hybridized carbons (Fsp3) is 0.818. The van der Waals surface area contributed by atoms with Gasteiger partial charge in [-0.25, -0.2) is 0 Å². The Morgan fingerprint density at radius 1 is 1.33 bits per heavy atom. The van der Waals surface area contributed by atoms with E-state index >= 15 is 0 Å². The molecule has 0 spiro atoms. The molecule has 12 heavy (non-hydrogen) atoms. The van der Waals surface area contributed by atoms with Gasteiger partial charge in [0.05, 0.1) is 0 Å². The lowest BCUT2D eigenvalue weighted by Gasteiger charge is -2.12. The lowest BCUT2D eigenvalue weighted by atomic mass is 9.94. The predicted molar refractivity (Wildman–Crippen MR) is 60.8 cm³/mol. The van der Waals surface area contributed by atoms with E-state index in [1.165, 1.54) is 17.7 Å². The van der Waals surface area contributed by atoms with Gasteiger partial charge in [-0.3, -0.25) is 0 Å². The molecule has 0 aromatic heterocycles. The van der Waals surface area contributed by atoms with Crippen LogP contribution in [-0.4, -0.2) is 12.0 Å². The number of thioether (sulfide) groups is 1. The standard InChI is InChI=1S/C11H22S/c1-9(2)11(4)7-6-10(3)8-12-5/h6,9,11H,7-8H2,1-5H3/b10-6+. The van der Waals surface area contributed by atoms with Crippen molar-refractivity contribution < 1.29 is 0 Å². The van der Waals surface area contributed by atoms with Crippen LogP contribution >= 0.6 is 11.8 Å². The van der Waals surface area contributed by atoms with E-state index in [2.05, 4.69) is 40.0 Å². The van der Waals surface area contributed by atoms with Crippen molar-refractivity contribution in [1.29, 1.82) is 0 Å². The van der Waals surface area contributed by atoms with Crippen LogP contribution in [0.25, 0.3) is 0 Å². The van der Waals surface area contributed by atoms with Crippen LogP contribution in [0.2, 0.25) is 0 Å². The third-order valence-electron chi connectivity index (χ3n) is 2.35. The first-order valence-electron chi connectivity index (χ1n) is 4.72. The van der Waals surface area contributed by atoms with Crippen LogP contribution in [-0.2, 0) is 0 Å². The van der Waals surface area contributed by atoms with Gasteiger partial charge in [0.1, 0.15) is 0 Å². The van der Waals surface area contributed by atoms with Gasteiger partial charge in [0.15, 0.2) is 0 Å².